The molecule has 0 radical (unpaired) electrons. The zero-order chi connectivity index (χ0) is 20.7. The number of esters is 1. The molecule has 0 spiro atoms. The number of carbonyl (C=O) groups excluding carboxylic acids is 2. The molecular formula is C19H22N2O6S. The zero-order valence-electron chi connectivity index (χ0n) is 15.8. The molecule has 0 aliphatic heterocycles. The summed E-state index contributed by atoms with van der Waals surface area (Å²) in [6, 6.07) is 11.9. The average molecular weight is 406 g/mol. The topological polar surface area (TPSA) is 111 Å². The molecule has 1 amide bonds. The van der Waals surface area contributed by atoms with Crippen molar-refractivity contribution in [1.82, 2.24) is 5.32 Å². The van der Waals surface area contributed by atoms with Crippen molar-refractivity contribution < 1.29 is 27.5 Å². The maximum absolute atomic E-state index is 12.7. The Kier molecular flexibility index (Phi) is 7.00. The number of amides is 1. The first-order chi connectivity index (χ1) is 13.3. The Hall–Kier alpha value is -3.07. The lowest BCUT2D eigenvalue weighted by Gasteiger charge is -2.14. The van der Waals surface area contributed by atoms with Crippen molar-refractivity contribution >= 4 is 27.6 Å². The van der Waals surface area contributed by atoms with E-state index < -0.39 is 28.0 Å². The Balaban J connectivity index is 2.21. The number of nitrogens with one attached hydrogen (secondary N) is 2. The van der Waals surface area contributed by atoms with E-state index in [1.54, 1.807) is 31.2 Å². The molecule has 0 aromatic heterocycles. The number of hydrogen-bond donors (Lipinski definition) is 2. The van der Waals surface area contributed by atoms with Crippen molar-refractivity contribution in [3.63, 3.8) is 0 Å². The van der Waals surface area contributed by atoms with Crippen LogP contribution in [0.2, 0.25) is 0 Å². The van der Waals surface area contributed by atoms with E-state index in [1.807, 2.05) is 0 Å². The van der Waals surface area contributed by atoms with Gasteiger partial charge in [-0.15, -0.1) is 0 Å². The Bertz CT molecular complexity index is 958. The normalized spacial score (nSPS) is 12.0. The first kappa shape index (κ1) is 21.2. The van der Waals surface area contributed by atoms with Crippen LogP contribution in [0, 0.1) is 0 Å². The second kappa shape index (κ2) is 9.23. The van der Waals surface area contributed by atoms with Crippen LogP contribution in [0.4, 0.5) is 5.69 Å². The van der Waals surface area contributed by atoms with Gasteiger partial charge in [0.1, 0.15) is 5.75 Å². The van der Waals surface area contributed by atoms with Crippen LogP contribution in [0.1, 0.15) is 24.2 Å². The monoisotopic (exact) mass is 406 g/mol. The molecule has 28 heavy (non-hydrogen) atoms. The van der Waals surface area contributed by atoms with Gasteiger partial charge in [-0.3, -0.25) is 9.52 Å². The van der Waals surface area contributed by atoms with Crippen molar-refractivity contribution in [2.24, 2.45) is 0 Å². The number of likely N-dealkylation sites (N-methyl/N-ethyl adjacent to an activating group) is 1. The van der Waals surface area contributed by atoms with Gasteiger partial charge in [0.15, 0.2) is 6.10 Å². The summed E-state index contributed by atoms with van der Waals surface area (Å²) in [7, 11) is -2.54. The fourth-order valence-corrected chi connectivity index (χ4v) is 3.44. The van der Waals surface area contributed by atoms with Gasteiger partial charge in [0, 0.05) is 6.54 Å². The summed E-state index contributed by atoms with van der Waals surface area (Å²) < 4.78 is 38.0. The summed E-state index contributed by atoms with van der Waals surface area (Å²) in [5.41, 5.74) is 0.280. The second-order valence-corrected chi connectivity index (χ2v) is 7.46. The highest BCUT2D eigenvalue weighted by Crippen LogP contribution is 2.26. The summed E-state index contributed by atoms with van der Waals surface area (Å²) in [6.07, 6.45) is -1.00. The molecule has 2 N–H and O–H groups in total. The zero-order valence-corrected chi connectivity index (χ0v) is 16.6. The largest absolute Gasteiger partial charge is 0.495 e. The molecule has 0 saturated carbocycles. The molecule has 0 heterocycles. The number of ether oxygens (including phenoxy) is 2. The summed E-state index contributed by atoms with van der Waals surface area (Å²) in [5, 5.41) is 2.54. The lowest BCUT2D eigenvalue weighted by molar-refractivity contribution is -0.128. The van der Waals surface area contributed by atoms with Crippen LogP contribution in [-0.2, 0) is 19.6 Å². The fourth-order valence-electron chi connectivity index (χ4n) is 2.32. The van der Waals surface area contributed by atoms with E-state index in [0.29, 0.717) is 12.3 Å². The molecule has 150 valence electrons. The standard InChI is InChI=1S/C19H22N2O6S/c1-4-20-18(22)13(2)27-19(23)14-8-7-9-15(12-14)28(24,25)21-16-10-5-6-11-17(16)26-3/h5-13,21H,4H2,1-3H3,(H,20,22)/t13-/m1/s1. The molecule has 0 bridgehead atoms. The number of rotatable bonds is 8. The van der Waals surface area contributed by atoms with E-state index in [2.05, 4.69) is 10.0 Å². The van der Waals surface area contributed by atoms with Crippen LogP contribution < -0.4 is 14.8 Å². The van der Waals surface area contributed by atoms with Crippen LogP contribution in [-0.4, -0.2) is 40.1 Å². The minimum atomic E-state index is -3.97. The van der Waals surface area contributed by atoms with E-state index in [1.165, 1.54) is 38.3 Å². The molecule has 0 aliphatic carbocycles. The number of anilines is 1. The van der Waals surface area contributed by atoms with Gasteiger partial charge in [-0.05, 0) is 44.2 Å². The summed E-state index contributed by atoms with van der Waals surface area (Å²) in [4.78, 5) is 23.8. The van der Waals surface area contributed by atoms with Crippen LogP contribution in [0.5, 0.6) is 5.75 Å². The Morgan fingerprint density at radius 1 is 1.11 bits per heavy atom. The molecule has 2 aromatic carbocycles. The molecule has 2 aromatic rings. The molecule has 2 rings (SSSR count). The minimum absolute atomic E-state index is 0.0130. The lowest BCUT2D eigenvalue weighted by atomic mass is 10.2. The van der Waals surface area contributed by atoms with Gasteiger partial charge < -0.3 is 14.8 Å². The number of carbonyl (C=O) groups is 2. The first-order valence-electron chi connectivity index (χ1n) is 8.53. The van der Waals surface area contributed by atoms with Crippen LogP contribution in [0.3, 0.4) is 0 Å². The van der Waals surface area contributed by atoms with Crippen molar-refractivity contribution in [2.45, 2.75) is 24.8 Å². The van der Waals surface area contributed by atoms with E-state index in [4.69, 9.17) is 9.47 Å². The number of benzene rings is 2. The van der Waals surface area contributed by atoms with Crippen molar-refractivity contribution in [2.75, 3.05) is 18.4 Å². The summed E-state index contributed by atoms with van der Waals surface area (Å²) >= 11 is 0. The number of hydrogen-bond acceptors (Lipinski definition) is 6. The molecular weight excluding hydrogens is 384 g/mol. The average Bonchev–Trinajstić information content (AvgIpc) is 2.68. The molecule has 0 unspecified atom stereocenters. The minimum Gasteiger partial charge on any atom is -0.495 e. The molecule has 0 fully saturated rings. The highest BCUT2D eigenvalue weighted by Gasteiger charge is 2.21. The Morgan fingerprint density at radius 2 is 1.82 bits per heavy atom. The van der Waals surface area contributed by atoms with Gasteiger partial charge >= 0.3 is 5.97 Å². The highest BCUT2D eigenvalue weighted by molar-refractivity contribution is 7.92. The lowest BCUT2D eigenvalue weighted by Crippen LogP contribution is -2.35. The molecule has 8 nitrogen and oxygen atoms in total. The summed E-state index contributed by atoms with van der Waals surface area (Å²) in [5.74, 6) is -0.872. The highest BCUT2D eigenvalue weighted by atomic mass is 32.2. The number of sulfonamides is 1. The Labute approximate surface area is 163 Å². The smallest absolute Gasteiger partial charge is 0.338 e. The van der Waals surface area contributed by atoms with Crippen LogP contribution >= 0.6 is 0 Å². The molecule has 1 atom stereocenters. The third-order valence-corrected chi connectivity index (χ3v) is 5.10. The van der Waals surface area contributed by atoms with Gasteiger partial charge in [0.2, 0.25) is 0 Å². The molecule has 0 aliphatic rings. The van der Waals surface area contributed by atoms with E-state index >= 15 is 0 Å². The Morgan fingerprint density at radius 3 is 2.50 bits per heavy atom. The van der Waals surface area contributed by atoms with Crippen molar-refractivity contribution in [3.8, 4) is 5.75 Å². The molecule has 9 heteroatoms. The second-order valence-electron chi connectivity index (χ2n) is 5.78. The van der Waals surface area contributed by atoms with Gasteiger partial charge in [-0.25, -0.2) is 13.2 Å². The van der Waals surface area contributed by atoms with Crippen LogP contribution in [0.15, 0.2) is 53.4 Å². The first-order valence-corrected chi connectivity index (χ1v) is 10.0. The quantitative estimate of drug-likeness (QED) is 0.650. The number of para-hydroxylation sites is 2. The SMILES string of the molecule is CCNC(=O)[C@@H](C)OC(=O)c1cccc(S(=O)(=O)Nc2ccccc2OC)c1. The predicted octanol–water partition coefficient (Wildman–Crippen LogP) is 2.18. The van der Waals surface area contributed by atoms with Crippen LogP contribution in [0.25, 0.3) is 0 Å². The third-order valence-electron chi connectivity index (χ3n) is 3.74. The maximum atomic E-state index is 12.7. The van der Waals surface area contributed by atoms with Gasteiger partial charge in [0.05, 0.1) is 23.3 Å². The fraction of sp³-hybridized carbons (Fsp3) is 0.263. The molecule has 0 saturated heterocycles. The van der Waals surface area contributed by atoms with E-state index in [0.717, 1.165) is 0 Å². The van der Waals surface area contributed by atoms with Gasteiger partial charge in [-0.1, -0.05) is 18.2 Å². The van der Waals surface area contributed by atoms with Crippen molar-refractivity contribution in [3.05, 3.63) is 54.1 Å². The predicted molar refractivity (Wildman–Crippen MR) is 104 cm³/mol. The van der Waals surface area contributed by atoms with E-state index in [-0.39, 0.29) is 16.1 Å². The summed E-state index contributed by atoms with van der Waals surface area (Å²) in [6.45, 7) is 3.59. The third kappa shape index (κ3) is 5.23. The maximum Gasteiger partial charge on any atom is 0.338 e. The van der Waals surface area contributed by atoms with Gasteiger partial charge in [0.25, 0.3) is 15.9 Å². The van der Waals surface area contributed by atoms with Gasteiger partial charge in [-0.2, -0.15) is 0 Å². The van der Waals surface area contributed by atoms with Crippen molar-refractivity contribution in [1.29, 1.82) is 0 Å². The van der Waals surface area contributed by atoms with E-state index in [9.17, 15) is 18.0 Å². The number of methoxy groups -OCH3 is 1.